The molecule has 0 unspecified atom stereocenters. The van der Waals surface area contributed by atoms with E-state index in [0.717, 1.165) is 4.68 Å². The summed E-state index contributed by atoms with van der Waals surface area (Å²) in [6.07, 6.45) is 3.26. The van der Waals surface area contributed by atoms with Gasteiger partial charge in [0, 0.05) is 30.6 Å². The molecular formula is C16H14FN5O2. The fourth-order valence-corrected chi connectivity index (χ4v) is 2.11. The highest BCUT2D eigenvalue weighted by Crippen LogP contribution is 2.05. The van der Waals surface area contributed by atoms with Crippen LogP contribution in [0.25, 0.3) is 5.82 Å². The average Bonchev–Trinajstić information content (AvgIpc) is 3.11. The molecule has 0 aliphatic heterocycles. The minimum Gasteiger partial charge on any atom is -0.350 e. The van der Waals surface area contributed by atoms with Crippen molar-refractivity contribution in [2.45, 2.75) is 13.1 Å². The van der Waals surface area contributed by atoms with Crippen molar-refractivity contribution in [2.24, 2.45) is 0 Å². The van der Waals surface area contributed by atoms with Gasteiger partial charge in [-0.15, -0.1) is 5.10 Å². The molecule has 0 fully saturated rings. The zero-order chi connectivity index (χ0) is 16.9. The molecular weight excluding hydrogens is 313 g/mol. The van der Waals surface area contributed by atoms with Crippen LogP contribution in [0.2, 0.25) is 0 Å². The molecule has 0 saturated carbocycles. The van der Waals surface area contributed by atoms with Gasteiger partial charge in [-0.3, -0.25) is 9.59 Å². The van der Waals surface area contributed by atoms with Crippen LogP contribution < -0.4 is 10.9 Å². The first-order chi connectivity index (χ1) is 11.6. The van der Waals surface area contributed by atoms with Gasteiger partial charge in [-0.2, -0.15) is 5.10 Å². The van der Waals surface area contributed by atoms with E-state index in [-0.39, 0.29) is 13.1 Å². The van der Waals surface area contributed by atoms with E-state index in [9.17, 15) is 14.0 Å². The van der Waals surface area contributed by atoms with E-state index >= 15 is 0 Å². The first kappa shape index (κ1) is 15.6. The maximum atomic E-state index is 13.5. The third-order valence-electron chi connectivity index (χ3n) is 3.32. The van der Waals surface area contributed by atoms with Gasteiger partial charge in [0.2, 0.25) is 5.91 Å². The summed E-state index contributed by atoms with van der Waals surface area (Å²) in [5.74, 6) is -0.416. The minimum absolute atomic E-state index is 0.0408. The van der Waals surface area contributed by atoms with E-state index in [2.05, 4.69) is 15.5 Å². The fraction of sp³-hybridized carbons (Fsp3) is 0.125. The van der Waals surface area contributed by atoms with Crippen LogP contribution in [-0.4, -0.2) is 25.5 Å². The third kappa shape index (κ3) is 3.54. The largest absolute Gasteiger partial charge is 0.350 e. The Hall–Kier alpha value is -3.29. The number of amides is 1. The number of halogens is 1. The first-order valence-corrected chi connectivity index (χ1v) is 7.22. The number of rotatable bonds is 5. The van der Waals surface area contributed by atoms with E-state index in [1.165, 1.54) is 22.9 Å². The molecule has 1 aromatic carbocycles. The Morgan fingerprint density at radius 1 is 1.17 bits per heavy atom. The summed E-state index contributed by atoms with van der Waals surface area (Å²) < 4.78 is 16.0. The molecule has 7 nitrogen and oxygen atoms in total. The lowest BCUT2D eigenvalue weighted by atomic mass is 10.2. The molecule has 0 atom stereocenters. The minimum atomic E-state index is -0.439. The Bertz CT molecular complexity index is 905. The molecule has 0 aliphatic rings. The molecule has 24 heavy (non-hydrogen) atoms. The van der Waals surface area contributed by atoms with Crippen LogP contribution in [0.4, 0.5) is 4.39 Å². The van der Waals surface area contributed by atoms with Crippen molar-refractivity contribution in [3.8, 4) is 5.82 Å². The monoisotopic (exact) mass is 327 g/mol. The van der Waals surface area contributed by atoms with Gasteiger partial charge in [0.05, 0.1) is 0 Å². The smallest absolute Gasteiger partial charge is 0.267 e. The van der Waals surface area contributed by atoms with Gasteiger partial charge in [0.15, 0.2) is 5.82 Å². The second-order valence-electron chi connectivity index (χ2n) is 5.01. The van der Waals surface area contributed by atoms with Gasteiger partial charge >= 0.3 is 0 Å². The fourth-order valence-electron chi connectivity index (χ4n) is 2.11. The predicted molar refractivity (Wildman–Crippen MR) is 83.9 cm³/mol. The second kappa shape index (κ2) is 6.86. The highest BCUT2D eigenvalue weighted by atomic mass is 19.1. The zero-order valence-corrected chi connectivity index (χ0v) is 12.6. The SMILES string of the molecule is O=C(Cn1nc(-n2cccn2)ccc1=O)NCc1ccccc1F. The maximum Gasteiger partial charge on any atom is 0.267 e. The van der Waals surface area contributed by atoms with Crippen molar-refractivity contribution in [3.63, 3.8) is 0 Å². The molecule has 122 valence electrons. The Balaban J connectivity index is 1.69. The van der Waals surface area contributed by atoms with Gasteiger partial charge < -0.3 is 5.32 Å². The lowest BCUT2D eigenvalue weighted by Gasteiger charge is -2.08. The number of carbonyl (C=O) groups excluding carboxylic acids is 1. The van der Waals surface area contributed by atoms with E-state index in [1.807, 2.05) is 0 Å². The van der Waals surface area contributed by atoms with Crippen LogP contribution in [0, 0.1) is 5.82 Å². The van der Waals surface area contributed by atoms with Crippen LogP contribution in [-0.2, 0) is 17.9 Å². The number of hydrogen-bond donors (Lipinski definition) is 1. The summed E-state index contributed by atoms with van der Waals surface area (Å²) in [6.45, 7) is -0.221. The Morgan fingerprint density at radius 3 is 2.75 bits per heavy atom. The summed E-state index contributed by atoms with van der Waals surface area (Å²) in [5, 5.41) is 10.7. The van der Waals surface area contributed by atoms with Crippen LogP contribution in [0.15, 0.2) is 59.7 Å². The molecule has 3 rings (SSSR count). The quantitative estimate of drug-likeness (QED) is 0.754. The highest BCUT2D eigenvalue weighted by Gasteiger charge is 2.09. The summed E-state index contributed by atoms with van der Waals surface area (Å²) in [6, 6.07) is 10.7. The first-order valence-electron chi connectivity index (χ1n) is 7.22. The van der Waals surface area contributed by atoms with Crippen molar-refractivity contribution in [3.05, 3.63) is 76.6 Å². The highest BCUT2D eigenvalue weighted by molar-refractivity contribution is 5.75. The van der Waals surface area contributed by atoms with Gasteiger partial charge in [-0.05, 0) is 18.2 Å². The Morgan fingerprint density at radius 2 is 2.00 bits per heavy atom. The van der Waals surface area contributed by atoms with Crippen molar-refractivity contribution >= 4 is 5.91 Å². The van der Waals surface area contributed by atoms with Crippen LogP contribution in [0.3, 0.4) is 0 Å². The lowest BCUT2D eigenvalue weighted by Crippen LogP contribution is -2.33. The third-order valence-corrected chi connectivity index (χ3v) is 3.32. The number of nitrogens with one attached hydrogen (secondary N) is 1. The predicted octanol–water partition coefficient (Wildman–Crippen LogP) is 0.884. The normalized spacial score (nSPS) is 10.5. The average molecular weight is 327 g/mol. The summed E-state index contributed by atoms with van der Waals surface area (Å²) >= 11 is 0. The number of nitrogens with zero attached hydrogens (tertiary/aromatic N) is 4. The molecule has 2 aromatic heterocycles. The van der Waals surface area contributed by atoms with E-state index < -0.39 is 17.3 Å². The molecule has 0 spiro atoms. The van der Waals surface area contributed by atoms with E-state index in [1.54, 1.807) is 36.7 Å². The molecule has 0 aliphatic carbocycles. The topological polar surface area (TPSA) is 81.8 Å². The van der Waals surface area contributed by atoms with Crippen LogP contribution in [0.5, 0.6) is 0 Å². The zero-order valence-electron chi connectivity index (χ0n) is 12.6. The maximum absolute atomic E-state index is 13.5. The van der Waals surface area contributed by atoms with Gasteiger partial charge in [-0.25, -0.2) is 13.8 Å². The van der Waals surface area contributed by atoms with Crippen LogP contribution >= 0.6 is 0 Å². The molecule has 8 heteroatoms. The summed E-state index contributed by atoms with van der Waals surface area (Å²) in [5.41, 5.74) is -0.0385. The number of carbonyl (C=O) groups is 1. The van der Waals surface area contributed by atoms with Crippen LogP contribution in [0.1, 0.15) is 5.56 Å². The van der Waals surface area contributed by atoms with Crippen molar-refractivity contribution < 1.29 is 9.18 Å². The molecule has 3 aromatic rings. The van der Waals surface area contributed by atoms with Gasteiger partial charge in [-0.1, -0.05) is 18.2 Å². The van der Waals surface area contributed by atoms with E-state index in [4.69, 9.17) is 0 Å². The van der Waals surface area contributed by atoms with Gasteiger partial charge in [0.25, 0.3) is 5.56 Å². The van der Waals surface area contributed by atoms with Crippen molar-refractivity contribution in [2.75, 3.05) is 0 Å². The summed E-state index contributed by atoms with van der Waals surface area (Å²) in [4.78, 5) is 23.8. The van der Waals surface area contributed by atoms with Gasteiger partial charge in [0.1, 0.15) is 12.4 Å². The molecule has 0 bridgehead atoms. The number of hydrogen-bond acceptors (Lipinski definition) is 4. The standard InChI is InChI=1S/C16H14FN5O2/c17-13-5-2-1-4-12(13)10-18-15(23)11-22-16(24)7-6-14(20-22)21-9-3-8-19-21/h1-9H,10-11H2,(H,18,23). The number of benzene rings is 1. The lowest BCUT2D eigenvalue weighted by molar-refractivity contribution is -0.122. The van der Waals surface area contributed by atoms with Crippen molar-refractivity contribution in [1.82, 2.24) is 24.9 Å². The molecule has 2 heterocycles. The Labute approximate surface area is 136 Å². The Kier molecular flexibility index (Phi) is 4.46. The molecule has 0 radical (unpaired) electrons. The van der Waals surface area contributed by atoms with Crippen molar-refractivity contribution in [1.29, 1.82) is 0 Å². The van der Waals surface area contributed by atoms with E-state index in [0.29, 0.717) is 11.4 Å². The second-order valence-corrected chi connectivity index (χ2v) is 5.01. The molecule has 1 amide bonds. The molecule has 1 N–H and O–H groups in total. The summed E-state index contributed by atoms with van der Waals surface area (Å²) in [7, 11) is 0. The number of aromatic nitrogens is 4. The molecule has 0 saturated heterocycles.